The molecule has 1 aliphatic rings. The molecule has 4 rings (SSSR count). The van der Waals surface area contributed by atoms with Gasteiger partial charge in [-0.25, -0.2) is 23.1 Å². The number of nitrogens with zero attached hydrogens (tertiary/aromatic N) is 3. The number of hydrogen-bond acceptors (Lipinski definition) is 6. The Morgan fingerprint density at radius 1 is 1.24 bits per heavy atom. The number of aromatic nitrogens is 2. The summed E-state index contributed by atoms with van der Waals surface area (Å²) in [7, 11) is -2.06. The summed E-state index contributed by atoms with van der Waals surface area (Å²) in [5.74, 6) is 1.58. The zero-order valence-corrected chi connectivity index (χ0v) is 15.8. The largest absolute Gasteiger partial charge is 0.325 e. The molecule has 1 aromatic carbocycles. The van der Waals surface area contributed by atoms with Gasteiger partial charge in [-0.05, 0) is 56.0 Å². The SMILES string of the molecule is CNS(=O)(=O)c1ccc2c(c1)N(c1nc(C)nc3scc(C)c13)CC2. The van der Waals surface area contributed by atoms with Gasteiger partial charge < -0.3 is 4.90 Å². The van der Waals surface area contributed by atoms with Crippen molar-refractivity contribution < 1.29 is 8.42 Å². The summed E-state index contributed by atoms with van der Waals surface area (Å²) in [6.45, 7) is 4.72. The lowest BCUT2D eigenvalue weighted by Crippen LogP contribution is -2.20. The molecular formula is C17H18N4O2S2. The van der Waals surface area contributed by atoms with E-state index < -0.39 is 10.0 Å². The van der Waals surface area contributed by atoms with E-state index in [1.807, 2.05) is 13.0 Å². The lowest BCUT2D eigenvalue weighted by atomic mass is 10.2. The molecule has 6 nitrogen and oxygen atoms in total. The molecule has 0 atom stereocenters. The van der Waals surface area contributed by atoms with Crippen LogP contribution in [0.25, 0.3) is 10.2 Å². The van der Waals surface area contributed by atoms with E-state index in [2.05, 4.69) is 31.9 Å². The molecule has 3 heterocycles. The van der Waals surface area contributed by atoms with Crippen LogP contribution in [-0.2, 0) is 16.4 Å². The van der Waals surface area contributed by atoms with Crippen molar-refractivity contribution in [2.24, 2.45) is 0 Å². The van der Waals surface area contributed by atoms with E-state index in [9.17, 15) is 8.42 Å². The third kappa shape index (κ3) is 2.61. The summed E-state index contributed by atoms with van der Waals surface area (Å²) in [4.78, 5) is 12.6. The van der Waals surface area contributed by atoms with Gasteiger partial charge in [0.2, 0.25) is 10.0 Å². The summed E-state index contributed by atoms with van der Waals surface area (Å²) in [5.41, 5.74) is 3.18. The van der Waals surface area contributed by atoms with Gasteiger partial charge in [-0.3, -0.25) is 0 Å². The number of hydrogen-bond donors (Lipinski definition) is 1. The summed E-state index contributed by atoms with van der Waals surface area (Å²) in [6.07, 6.45) is 0.864. The normalized spacial score (nSPS) is 14.3. The highest BCUT2D eigenvalue weighted by Gasteiger charge is 2.26. The Kier molecular flexibility index (Phi) is 3.78. The fourth-order valence-electron chi connectivity index (χ4n) is 3.23. The number of benzene rings is 1. The van der Waals surface area contributed by atoms with Crippen LogP contribution in [0.2, 0.25) is 0 Å². The smallest absolute Gasteiger partial charge is 0.240 e. The van der Waals surface area contributed by atoms with E-state index in [1.54, 1.807) is 23.5 Å². The molecule has 8 heteroatoms. The Balaban J connectivity index is 1.92. The first-order valence-corrected chi connectivity index (χ1v) is 10.3. The average molecular weight is 374 g/mol. The van der Waals surface area contributed by atoms with Gasteiger partial charge in [0.25, 0.3) is 0 Å². The second-order valence-electron chi connectivity index (χ2n) is 6.09. The first kappa shape index (κ1) is 16.4. The number of fused-ring (bicyclic) bond motifs is 2. The molecule has 0 unspecified atom stereocenters. The predicted molar refractivity (Wildman–Crippen MR) is 100 cm³/mol. The Hall–Kier alpha value is -2.03. The Labute approximate surface area is 150 Å². The maximum absolute atomic E-state index is 12.2. The summed E-state index contributed by atoms with van der Waals surface area (Å²) >= 11 is 1.61. The number of thiophene rings is 1. The lowest BCUT2D eigenvalue weighted by molar-refractivity contribution is 0.588. The van der Waals surface area contributed by atoms with Gasteiger partial charge in [0, 0.05) is 12.2 Å². The standard InChI is InChI=1S/C17H18N4O2S2/c1-10-9-24-17-15(10)16(19-11(2)20-17)21-7-6-12-4-5-13(8-14(12)21)25(22,23)18-3/h4-5,8-9,18H,6-7H2,1-3H3. The molecular weight excluding hydrogens is 356 g/mol. The summed E-state index contributed by atoms with van der Waals surface area (Å²) in [5, 5.41) is 3.13. The van der Waals surface area contributed by atoms with Gasteiger partial charge in [0.15, 0.2) is 0 Å². The second-order valence-corrected chi connectivity index (χ2v) is 8.84. The molecule has 0 fully saturated rings. The third-order valence-corrected chi connectivity index (χ3v) is 6.90. The predicted octanol–water partition coefficient (Wildman–Crippen LogP) is 2.91. The van der Waals surface area contributed by atoms with Gasteiger partial charge in [0.05, 0.1) is 10.3 Å². The maximum atomic E-state index is 12.2. The Morgan fingerprint density at radius 3 is 2.80 bits per heavy atom. The van der Waals surface area contributed by atoms with Crippen molar-refractivity contribution in [2.75, 3.05) is 18.5 Å². The van der Waals surface area contributed by atoms with E-state index in [0.29, 0.717) is 0 Å². The van der Waals surface area contributed by atoms with E-state index in [4.69, 9.17) is 0 Å². The minimum Gasteiger partial charge on any atom is -0.325 e. The quantitative estimate of drug-likeness (QED) is 0.763. The minimum atomic E-state index is -3.48. The van der Waals surface area contributed by atoms with Crippen LogP contribution >= 0.6 is 11.3 Å². The number of aryl methyl sites for hydroxylation is 2. The number of nitrogens with one attached hydrogen (secondary N) is 1. The van der Waals surface area contributed by atoms with Crippen molar-refractivity contribution >= 4 is 43.1 Å². The number of sulfonamides is 1. The topological polar surface area (TPSA) is 75.2 Å². The number of anilines is 2. The fraction of sp³-hybridized carbons (Fsp3) is 0.294. The molecule has 1 N–H and O–H groups in total. The summed E-state index contributed by atoms with van der Waals surface area (Å²) < 4.78 is 26.7. The fourth-order valence-corrected chi connectivity index (χ4v) is 4.94. The highest BCUT2D eigenvalue weighted by molar-refractivity contribution is 7.89. The van der Waals surface area contributed by atoms with Crippen LogP contribution in [0, 0.1) is 13.8 Å². The molecule has 0 aliphatic carbocycles. The molecule has 1 aliphatic heterocycles. The van der Waals surface area contributed by atoms with E-state index in [-0.39, 0.29) is 4.90 Å². The highest BCUT2D eigenvalue weighted by Crippen LogP contribution is 2.40. The molecule has 0 saturated carbocycles. The van der Waals surface area contributed by atoms with Crippen LogP contribution < -0.4 is 9.62 Å². The van der Waals surface area contributed by atoms with Crippen molar-refractivity contribution in [2.45, 2.75) is 25.2 Å². The number of rotatable bonds is 3. The van der Waals surface area contributed by atoms with Crippen molar-refractivity contribution in [3.63, 3.8) is 0 Å². The lowest BCUT2D eigenvalue weighted by Gasteiger charge is -2.20. The van der Waals surface area contributed by atoms with Gasteiger partial charge in [-0.2, -0.15) is 0 Å². The van der Waals surface area contributed by atoms with Crippen LogP contribution in [-0.4, -0.2) is 32.0 Å². The van der Waals surface area contributed by atoms with Crippen molar-refractivity contribution in [1.82, 2.24) is 14.7 Å². The Morgan fingerprint density at radius 2 is 2.04 bits per heavy atom. The molecule has 25 heavy (non-hydrogen) atoms. The first-order valence-electron chi connectivity index (χ1n) is 7.97. The monoisotopic (exact) mass is 374 g/mol. The molecule has 0 amide bonds. The van der Waals surface area contributed by atoms with Gasteiger partial charge in [-0.1, -0.05) is 6.07 Å². The maximum Gasteiger partial charge on any atom is 0.240 e. The molecule has 2 aromatic heterocycles. The zero-order valence-electron chi connectivity index (χ0n) is 14.2. The Bertz CT molecular complexity index is 1090. The average Bonchev–Trinajstić information content (AvgIpc) is 3.17. The zero-order chi connectivity index (χ0) is 17.8. The van der Waals surface area contributed by atoms with Crippen LogP contribution in [0.15, 0.2) is 28.5 Å². The van der Waals surface area contributed by atoms with E-state index in [0.717, 1.165) is 51.6 Å². The van der Waals surface area contributed by atoms with Crippen molar-refractivity contribution in [3.8, 4) is 0 Å². The van der Waals surface area contributed by atoms with E-state index in [1.165, 1.54) is 7.05 Å². The second kappa shape index (κ2) is 5.76. The molecule has 130 valence electrons. The molecule has 0 spiro atoms. The summed E-state index contributed by atoms with van der Waals surface area (Å²) in [6, 6.07) is 5.29. The van der Waals surface area contributed by atoms with Crippen LogP contribution in [0.3, 0.4) is 0 Å². The van der Waals surface area contributed by atoms with Crippen molar-refractivity contribution in [3.05, 3.63) is 40.5 Å². The van der Waals surface area contributed by atoms with Crippen LogP contribution in [0.1, 0.15) is 17.0 Å². The molecule has 0 saturated heterocycles. The minimum absolute atomic E-state index is 0.268. The molecule has 3 aromatic rings. The first-order chi connectivity index (χ1) is 11.9. The molecule has 0 bridgehead atoms. The van der Waals surface area contributed by atoms with Gasteiger partial charge in [0.1, 0.15) is 16.5 Å². The van der Waals surface area contributed by atoms with Crippen molar-refractivity contribution in [1.29, 1.82) is 0 Å². The van der Waals surface area contributed by atoms with Gasteiger partial charge >= 0.3 is 0 Å². The highest BCUT2D eigenvalue weighted by atomic mass is 32.2. The molecule has 0 radical (unpaired) electrons. The third-order valence-electron chi connectivity index (χ3n) is 4.50. The van der Waals surface area contributed by atoms with Crippen LogP contribution in [0.4, 0.5) is 11.5 Å². The van der Waals surface area contributed by atoms with Gasteiger partial charge in [-0.15, -0.1) is 11.3 Å². The van der Waals surface area contributed by atoms with Crippen LogP contribution in [0.5, 0.6) is 0 Å². The van der Waals surface area contributed by atoms with E-state index >= 15 is 0 Å².